The van der Waals surface area contributed by atoms with Crippen LogP contribution in [0.1, 0.15) is 21.9 Å². The molecule has 0 aromatic carbocycles. The number of carbonyl (C=O) groups excluding carboxylic acids is 1. The van der Waals surface area contributed by atoms with Crippen LogP contribution < -0.4 is 5.32 Å². The smallest absolute Gasteiger partial charge is 0.254 e. The molecule has 1 amide bonds. The van der Waals surface area contributed by atoms with E-state index in [1.165, 1.54) is 16.8 Å². The van der Waals surface area contributed by atoms with Gasteiger partial charge in [-0.15, -0.1) is 0 Å². The zero-order valence-corrected chi connectivity index (χ0v) is 13.7. The second-order valence-electron chi connectivity index (χ2n) is 5.52. The Hall–Kier alpha value is -2.20. The van der Waals surface area contributed by atoms with E-state index in [1.807, 2.05) is 10.8 Å². The summed E-state index contributed by atoms with van der Waals surface area (Å²) < 4.78 is 28.1. The quantitative estimate of drug-likeness (QED) is 0.796. The van der Waals surface area contributed by atoms with E-state index >= 15 is 0 Å². The van der Waals surface area contributed by atoms with E-state index in [2.05, 4.69) is 15.4 Å². The van der Waals surface area contributed by atoms with Crippen molar-refractivity contribution in [2.45, 2.75) is 19.6 Å². The highest BCUT2D eigenvalue weighted by Gasteiger charge is 2.24. The number of amides is 1. The van der Waals surface area contributed by atoms with Crippen LogP contribution in [-0.2, 0) is 36.7 Å². The Kier molecular flexibility index (Phi) is 3.94. The Labute approximate surface area is 134 Å². The van der Waals surface area contributed by atoms with Crippen molar-refractivity contribution in [2.75, 3.05) is 12.8 Å². The molecule has 2 aromatic rings. The van der Waals surface area contributed by atoms with Gasteiger partial charge in [0.25, 0.3) is 5.91 Å². The van der Waals surface area contributed by atoms with E-state index in [1.54, 1.807) is 17.9 Å². The van der Waals surface area contributed by atoms with Crippen molar-refractivity contribution >= 4 is 15.9 Å². The summed E-state index contributed by atoms with van der Waals surface area (Å²) >= 11 is 0. The van der Waals surface area contributed by atoms with Gasteiger partial charge >= 0.3 is 0 Å². The third-order valence-corrected chi connectivity index (χ3v) is 4.93. The van der Waals surface area contributed by atoms with Crippen molar-refractivity contribution in [2.24, 2.45) is 7.05 Å². The maximum absolute atomic E-state index is 12.0. The van der Waals surface area contributed by atoms with Crippen LogP contribution in [0, 0.1) is 0 Å². The van der Waals surface area contributed by atoms with Crippen LogP contribution in [0.4, 0.5) is 0 Å². The minimum absolute atomic E-state index is 0.221. The SMILES string of the molecule is Cn1cc(C(=O)NCc2cn3c(n2)CN(S(C)(=O)=O)CC3)cn1. The predicted molar refractivity (Wildman–Crippen MR) is 81.9 cm³/mol. The molecule has 23 heavy (non-hydrogen) atoms. The van der Waals surface area contributed by atoms with Gasteiger partial charge in [-0.05, 0) is 0 Å². The first-order valence-electron chi connectivity index (χ1n) is 7.10. The van der Waals surface area contributed by atoms with Crippen molar-refractivity contribution in [1.82, 2.24) is 29.0 Å². The molecule has 0 aliphatic carbocycles. The number of hydrogen-bond donors (Lipinski definition) is 1. The summed E-state index contributed by atoms with van der Waals surface area (Å²) in [5.41, 5.74) is 1.19. The number of sulfonamides is 1. The van der Waals surface area contributed by atoms with Crippen LogP contribution in [0.2, 0.25) is 0 Å². The molecule has 2 aromatic heterocycles. The normalized spacial score (nSPS) is 15.4. The average Bonchev–Trinajstić information content (AvgIpc) is 3.08. The van der Waals surface area contributed by atoms with Gasteiger partial charge in [-0.25, -0.2) is 13.4 Å². The van der Waals surface area contributed by atoms with Crippen LogP contribution in [0.15, 0.2) is 18.6 Å². The van der Waals surface area contributed by atoms with Gasteiger partial charge in [-0.3, -0.25) is 9.48 Å². The first-order chi connectivity index (χ1) is 10.8. The number of aryl methyl sites for hydroxylation is 1. The molecule has 0 radical (unpaired) electrons. The molecule has 1 aliphatic rings. The van der Waals surface area contributed by atoms with Crippen LogP contribution in [0.25, 0.3) is 0 Å². The number of hydrogen-bond acceptors (Lipinski definition) is 5. The van der Waals surface area contributed by atoms with Gasteiger partial charge in [0, 0.05) is 32.5 Å². The van der Waals surface area contributed by atoms with Crippen LogP contribution >= 0.6 is 0 Å². The third-order valence-electron chi connectivity index (χ3n) is 3.68. The van der Waals surface area contributed by atoms with Gasteiger partial charge in [0.2, 0.25) is 10.0 Å². The minimum atomic E-state index is -3.22. The maximum atomic E-state index is 12.0. The molecule has 0 fully saturated rings. The molecule has 3 heterocycles. The molecule has 124 valence electrons. The lowest BCUT2D eigenvalue weighted by atomic mass is 10.3. The topological polar surface area (TPSA) is 102 Å². The van der Waals surface area contributed by atoms with Crippen molar-refractivity contribution in [3.63, 3.8) is 0 Å². The molecule has 10 heteroatoms. The number of imidazole rings is 1. The molecule has 0 saturated heterocycles. The van der Waals surface area contributed by atoms with Crippen molar-refractivity contribution in [1.29, 1.82) is 0 Å². The summed E-state index contributed by atoms with van der Waals surface area (Å²) in [4.78, 5) is 16.4. The number of aromatic nitrogens is 4. The maximum Gasteiger partial charge on any atom is 0.254 e. The van der Waals surface area contributed by atoms with E-state index < -0.39 is 10.0 Å². The molecule has 0 bridgehead atoms. The molecule has 0 atom stereocenters. The number of rotatable bonds is 4. The van der Waals surface area contributed by atoms with Gasteiger partial charge in [0.15, 0.2) is 0 Å². The fourth-order valence-corrected chi connectivity index (χ4v) is 3.23. The van der Waals surface area contributed by atoms with E-state index in [0.29, 0.717) is 30.2 Å². The monoisotopic (exact) mass is 338 g/mol. The lowest BCUT2D eigenvalue weighted by Crippen LogP contribution is -2.37. The molecule has 9 nitrogen and oxygen atoms in total. The second kappa shape index (κ2) is 5.78. The lowest BCUT2D eigenvalue weighted by molar-refractivity contribution is 0.0950. The van der Waals surface area contributed by atoms with Gasteiger partial charge in [-0.2, -0.15) is 9.40 Å². The molecular weight excluding hydrogens is 320 g/mol. The Morgan fingerprint density at radius 1 is 1.35 bits per heavy atom. The Balaban J connectivity index is 1.65. The fourth-order valence-electron chi connectivity index (χ4n) is 2.47. The zero-order valence-electron chi connectivity index (χ0n) is 12.9. The Morgan fingerprint density at radius 3 is 2.78 bits per heavy atom. The number of carbonyl (C=O) groups is 1. The molecular formula is C13H18N6O3S. The lowest BCUT2D eigenvalue weighted by Gasteiger charge is -2.25. The standard InChI is InChI=1S/C13H18N6O3S/c1-17-7-10(5-15-17)13(20)14-6-11-8-18-3-4-19(23(2,21)22)9-12(18)16-11/h5,7-8H,3-4,6,9H2,1-2H3,(H,14,20). The molecule has 3 rings (SSSR count). The summed E-state index contributed by atoms with van der Waals surface area (Å²) in [5, 5.41) is 6.73. The average molecular weight is 338 g/mol. The van der Waals surface area contributed by atoms with E-state index in [-0.39, 0.29) is 19.0 Å². The highest BCUT2D eigenvalue weighted by molar-refractivity contribution is 7.88. The first-order valence-corrected chi connectivity index (χ1v) is 8.94. The highest BCUT2D eigenvalue weighted by atomic mass is 32.2. The zero-order chi connectivity index (χ0) is 16.6. The van der Waals surface area contributed by atoms with Gasteiger partial charge in [0.05, 0.1) is 36.8 Å². The minimum Gasteiger partial charge on any atom is -0.346 e. The molecule has 0 spiro atoms. The first kappa shape index (κ1) is 15.7. The second-order valence-corrected chi connectivity index (χ2v) is 7.51. The molecule has 1 aliphatic heterocycles. The van der Waals surface area contributed by atoms with Crippen molar-refractivity contribution in [3.8, 4) is 0 Å². The highest BCUT2D eigenvalue weighted by Crippen LogP contribution is 2.15. The van der Waals surface area contributed by atoms with Gasteiger partial charge < -0.3 is 9.88 Å². The predicted octanol–water partition coefficient (Wildman–Crippen LogP) is -0.678. The van der Waals surface area contributed by atoms with Crippen molar-refractivity contribution in [3.05, 3.63) is 35.7 Å². The molecule has 1 N–H and O–H groups in total. The third kappa shape index (κ3) is 3.42. The van der Waals surface area contributed by atoms with Gasteiger partial charge in [0.1, 0.15) is 5.82 Å². The Bertz CT molecular complexity index is 838. The molecule has 0 saturated carbocycles. The van der Waals surface area contributed by atoms with Crippen LogP contribution in [0.3, 0.4) is 0 Å². The summed E-state index contributed by atoms with van der Waals surface area (Å²) in [7, 11) is -1.47. The van der Waals surface area contributed by atoms with Crippen molar-refractivity contribution < 1.29 is 13.2 Å². The van der Waals surface area contributed by atoms with Gasteiger partial charge in [-0.1, -0.05) is 0 Å². The summed E-state index contributed by atoms with van der Waals surface area (Å²) in [5.74, 6) is 0.467. The van der Waals surface area contributed by atoms with E-state index in [9.17, 15) is 13.2 Å². The number of fused-ring (bicyclic) bond motifs is 1. The molecule has 0 unspecified atom stereocenters. The van der Waals surface area contributed by atoms with E-state index in [4.69, 9.17) is 0 Å². The number of nitrogens with one attached hydrogen (secondary N) is 1. The number of nitrogens with zero attached hydrogens (tertiary/aromatic N) is 5. The van der Waals surface area contributed by atoms with Crippen LogP contribution in [-0.4, -0.2) is 50.8 Å². The fraction of sp³-hybridized carbons (Fsp3) is 0.462. The summed E-state index contributed by atoms with van der Waals surface area (Å²) in [6.45, 7) is 1.54. The Morgan fingerprint density at radius 2 is 2.13 bits per heavy atom. The van der Waals surface area contributed by atoms with E-state index in [0.717, 1.165) is 0 Å². The summed E-state index contributed by atoms with van der Waals surface area (Å²) in [6.07, 6.45) is 6.17. The summed E-state index contributed by atoms with van der Waals surface area (Å²) in [6, 6.07) is 0. The van der Waals surface area contributed by atoms with Crippen LogP contribution in [0.5, 0.6) is 0 Å². The largest absolute Gasteiger partial charge is 0.346 e.